The van der Waals surface area contributed by atoms with E-state index in [0.717, 1.165) is 38.8 Å². The third kappa shape index (κ3) is 3.39. The minimum atomic E-state index is -0.204. The van der Waals surface area contributed by atoms with E-state index in [9.17, 15) is 9.90 Å². The van der Waals surface area contributed by atoms with E-state index in [2.05, 4.69) is 15.6 Å². The minimum Gasteiger partial charge on any atom is -0.393 e. The largest absolute Gasteiger partial charge is 0.393 e. The van der Waals surface area contributed by atoms with Crippen LogP contribution in [0.15, 0.2) is 18.3 Å². The Morgan fingerprint density at radius 1 is 1.32 bits per heavy atom. The van der Waals surface area contributed by atoms with Crippen molar-refractivity contribution in [3.63, 3.8) is 0 Å². The van der Waals surface area contributed by atoms with Crippen LogP contribution in [0.2, 0.25) is 0 Å². The van der Waals surface area contributed by atoms with E-state index in [-0.39, 0.29) is 18.1 Å². The molecule has 1 aromatic heterocycles. The highest BCUT2D eigenvalue weighted by Gasteiger charge is 2.39. The van der Waals surface area contributed by atoms with Gasteiger partial charge in [-0.2, -0.15) is 0 Å². The van der Waals surface area contributed by atoms with Crippen molar-refractivity contribution in [2.24, 2.45) is 11.8 Å². The lowest BCUT2D eigenvalue weighted by Gasteiger charge is -2.43. The Morgan fingerprint density at radius 2 is 2.05 bits per heavy atom. The second-order valence-corrected chi connectivity index (χ2v) is 6.44. The molecular formula is C16H24N4O2. The molecule has 6 nitrogen and oxygen atoms in total. The Balaban J connectivity index is 1.68. The number of aliphatic hydroxyl groups is 1. The molecule has 1 aliphatic carbocycles. The van der Waals surface area contributed by atoms with Gasteiger partial charge in [-0.15, -0.1) is 0 Å². The first-order chi connectivity index (χ1) is 10.6. The number of rotatable bonds is 4. The maximum Gasteiger partial charge on any atom is 0.253 e. The third-order valence-electron chi connectivity index (χ3n) is 4.90. The van der Waals surface area contributed by atoms with Gasteiger partial charge in [0.25, 0.3) is 5.91 Å². The van der Waals surface area contributed by atoms with Crippen molar-refractivity contribution in [2.75, 3.05) is 18.8 Å². The Morgan fingerprint density at radius 3 is 2.64 bits per heavy atom. The maximum atomic E-state index is 12.5. The number of aromatic nitrogens is 1. The van der Waals surface area contributed by atoms with Crippen molar-refractivity contribution in [2.45, 2.75) is 37.8 Å². The van der Waals surface area contributed by atoms with Crippen molar-refractivity contribution < 1.29 is 9.90 Å². The fourth-order valence-corrected chi connectivity index (χ4v) is 3.52. The molecule has 5 N–H and O–H groups in total. The first kappa shape index (κ1) is 15.2. The summed E-state index contributed by atoms with van der Waals surface area (Å²) < 4.78 is 0. The number of anilines is 1. The maximum absolute atomic E-state index is 12.5. The van der Waals surface area contributed by atoms with Crippen molar-refractivity contribution in [1.29, 1.82) is 0 Å². The average molecular weight is 304 g/mol. The smallest absolute Gasteiger partial charge is 0.253 e. The van der Waals surface area contributed by atoms with E-state index in [1.807, 2.05) is 0 Å². The summed E-state index contributed by atoms with van der Waals surface area (Å²) in [6, 6.07) is 3.48. The zero-order chi connectivity index (χ0) is 15.5. The van der Waals surface area contributed by atoms with Crippen LogP contribution in [0.3, 0.4) is 0 Å². The molecule has 3 rings (SSSR count). The Bertz CT molecular complexity index is 507. The number of hydrogen-bond donors (Lipinski definition) is 4. The molecule has 22 heavy (non-hydrogen) atoms. The lowest BCUT2D eigenvalue weighted by molar-refractivity contribution is 0.00918. The van der Waals surface area contributed by atoms with Gasteiger partial charge in [0.05, 0.1) is 11.7 Å². The summed E-state index contributed by atoms with van der Waals surface area (Å²) in [7, 11) is 0. The summed E-state index contributed by atoms with van der Waals surface area (Å²) >= 11 is 0. The summed E-state index contributed by atoms with van der Waals surface area (Å²) in [5, 5.41) is 16.1. The molecule has 1 atom stereocenters. The van der Waals surface area contributed by atoms with Crippen LogP contribution in [0.1, 0.15) is 36.0 Å². The molecule has 0 aromatic carbocycles. The minimum absolute atomic E-state index is 0.0996. The van der Waals surface area contributed by atoms with Crippen molar-refractivity contribution in [1.82, 2.24) is 15.6 Å². The van der Waals surface area contributed by atoms with Crippen LogP contribution in [0.4, 0.5) is 5.82 Å². The SMILES string of the molecule is Nc1ccc(C(=O)NC(C2CCNCC2)C2CC(O)C2)cn1. The number of aliphatic hydroxyl groups excluding tert-OH is 1. The number of amides is 1. The van der Waals surface area contributed by atoms with E-state index in [1.165, 1.54) is 6.20 Å². The lowest BCUT2D eigenvalue weighted by atomic mass is 9.71. The second-order valence-electron chi connectivity index (χ2n) is 6.44. The van der Waals surface area contributed by atoms with Crippen LogP contribution >= 0.6 is 0 Å². The van der Waals surface area contributed by atoms with Crippen LogP contribution in [0.25, 0.3) is 0 Å². The molecule has 1 aromatic rings. The van der Waals surface area contributed by atoms with Crippen molar-refractivity contribution in [3.05, 3.63) is 23.9 Å². The van der Waals surface area contributed by atoms with Gasteiger partial charge in [0, 0.05) is 12.2 Å². The zero-order valence-electron chi connectivity index (χ0n) is 12.7. The number of nitrogens with zero attached hydrogens (tertiary/aromatic N) is 1. The Kier molecular flexibility index (Phi) is 4.59. The molecule has 2 aliphatic rings. The summed E-state index contributed by atoms with van der Waals surface area (Å²) in [6.07, 6.45) is 5.02. The number of pyridine rings is 1. The van der Waals surface area contributed by atoms with Gasteiger partial charge in [0.1, 0.15) is 5.82 Å². The highest BCUT2D eigenvalue weighted by Crippen LogP contribution is 2.35. The molecule has 1 aliphatic heterocycles. The van der Waals surface area contributed by atoms with Crippen molar-refractivity contribution >= 4 is 11.7 Å². The van der Waals surface area contributed by atoms with Crippen LogP contribution in [0.5, 0.6) is 0 Å². The van der Waals surface area contributed by atoms with E-state index in [4.69, 9.17) is 5.73 Å². The molecule has 1 saturated carbocycles. The van der Waals surface area contributed by atoms with Gasteiger partial charge >= 0.3 is 0 Å². The highest BCUT2D eigenvalue weighted by molar-refractivity contribution is 5.94. The van der Waals surface area contributed by atoms with Gasteiger partial charge in [-0.1, -0.05) is 0 Å². The number of hydrogen-bond acceptors (Lipinski definition) is 5. The zero-order valence-corrected chi connectivity index (χ0v) is 12.7. The van der Waals surface area contributed by atoms with Crippen LogP contribution < -0.4 is 16.4 Å². The molecule has 6 heteroatoms. The number of carbonyl (C=O) groups excluding carboxylic acids is 1. The molecule has 2 heterocycles. The molecular weight excluding hydrogens is 280 g/mol. The molecule has 2 fully saturated rings. The van der Waals surface area contributed by atoms with Gasteiger partial charge in [0.15, 0.2) is 0 Å². The molecule has 1 amide bonds. The van der Waals surface area contributed by atoms with Crippen LogP contribution in [-0.2, 0) is 0 Å². The molecule has 0 spiro atoms. The first-order valence-electron chi connectivity index (χ1n) is 8.04. The molecule has 0 bridgehead atoms. The van der Waals surface area contributed by atoms with Crippen LogP contribution in [0, 0.1) is 11.8 Å². The fraction of sp³-hybridized carbons (Fsp3) is 0.625. The number of nitrogens with one attached hydrogen (secondary N) is 2. The van der Waals surface area contributed by atoms with Crippen molar-refractivity contribution in [3.8, 4) is 0 Å². The Labute approximate surface area is 130 Å². The number of nitrogens with two attached hydrogens (primary N) is 1. The predicted octanol–water partition coefficient (Wildman–Crippen LogP) is 0.533. The van der Waals surface area contributed by atoms with E-state index < -0.39 is 0 Å². The van der Waals surface area contributed by atoms with Gasteiger partial charge in [-0.3, -0.25) is 4.79 Å². The fourth-order valence-electron chi connectivity index (χ4n) is 3.52. The normalized spacial score (nSPS) is 27.0. The summed E-state index contributed by atoms with van der Waals surface area (Å²) in [6.45, 7) is 1.99. The summed E-state index contributed by atoms with van der Waals surface area (Å²) in [5.74, 6) is 1.17. The molecule has 120 valence electrons. The van der Waals surface area contributed by atoms with Gasteiger partial charge in [0.2, 0.25) is 0 Å². The predicted molar refractivity (Wildman–Crippen MR) is 84.2 cm³/mol. The number of nitrogen functional groups attached to an aromatic ring is 1. The second kappa shape index (κ2) is 6.62. The number of piperidine rings is 1. The quantitative estimate of drug-likeness (QED) is 0.650. The van der Waals surface area contributed by atoms with E-state index >= 15 is 0 Å². The molecule has 0 radical (unpaired) electrons. The van der Waals surface area contributed by atoms with Gasteiger partial charge in [-0.05, 0) is 62.7 Å². The number of carbonyl (C=O) groups is 1. The van der Waals surface area contributed by atoms with E-state index in [0.29, 0.717) is 23.2 Å². The summed E-state index contributed by atoms with van der Waals surface area (Å²) in [4.78, 5) is 16.4. The van der Waals surface area contributed by atoms with Gasteiger partial charge in [-0.25, -0.2) is 4.98 Å². The standard InChI is InChI=1S/C16H24N4O2/c17-14-2-1-11(9-19-14)16(22)20-15(12-7-13(21)8-12)10-3-5-18-6-4-10/h1-2,9-10,12-13,15,18,21H,3-8H2,(H2,17,19)(H,20,22). The van der Waals surface area contributed by atoms with Gasteiger partial charge < -0.3 is 21.5 Å². The van der Waals surface area contributed by atoms with E-state index in [1.54, 1.807) is 12.1 Å². The lowest BCUT2D eigenvalue weighted by Crippen LogP contribution is -2.52. The summed E-state index contributed by atoms with van der Waals surface area (Å²) in [5.41, 5.74) is 6.10. The Hall–Kier alpha value is -1.66. The molecule has 1 saturated heterocycles. The highest BCUT2D eigenvalue weighted by atomic mass is 16.3. The third-order valence-corrected chi connectivity index (χ3v) is 4.90. The average Bonchev–Trinajstić information content (AvgIpc) is 2.51. The monoisotopic (exact) mass is 304 g/mol. The first-order valence-corrected chi connectivity index (χ1v) is 8.04. The molecule has 1 unspecified atom stereocenters. The van der Waals surface area contributed by atoms with Crippen LogP contribution in [-0.4, -0.2) is 41.2 Å². The topological polar surface area (TPSA) is 100 Å².